The van der Waals surface area contributed by atoms with E-state index >= 15 is 0 Å². The fourth-order valence-corrected chi connectivity index (χ4v) is 2.20. The maximum absolute atomic E-state index is 12.1. The average molecular weight is 332 g/mol. The van der Waals surface area contributed by atoms with Gasteiger partial charge in [-0.2, -0.15) is 0 Å². The second kappa shape index (κ2) is 5.58. The van der Waals surface area contributed by atoms with Crippen LogP contribution in [0.2, 0.25) is 0 Å². The number of carbonyl (C=O) groups is 1. The van der Waals surface area contributed by atoms with Crippen LogP contribution in [0.1, 0.15) is 15.9 Å². The predicted octanol–water partition coefficient (Wildman–Crippen LogP) is 1.85. The number of esters is 1. The number of fused-ring (bicyclic) bond motifs is 1. The zero-order valence-corrected chi connectivity index (χ0v) is 12.1. The van der Waals surface area contributed by atoms with Crippen LogP contribution in [0.3, 0.4) is 0 Å². The number of phenols is 5. The van der Waals surface area contributed by atoms with Crippen LogP contribution in [0.15, 0.2) is 36.3 Å². The molecule has 1 aliphatic rings. The molecule has 0 spiro atoms. The van der Waals surface area contributed by atoms with E-state index in [0.29, 0.717) is 5.56 Å². The highest BCUT2D eigenvalue weighted by Gasteiger charge is 2.22. The number of benzene rings is 2. The summed E-state index contributed by atoms with van der Waals surface area (Å²) in [5, 5.41) is 47.3. The Labute approximate surface area is 135 Å². The third-order valence-corrected chi connectivity index (χ3v) is 3.37. The third-order valence-electron chi connectivity index (χ3n) is 3.37. The van der Waals surface area contributed by atoms with Crippen molar-refractivity contribution < 1.29 is 39.8 Å². The summed E-state index contributed by atoms with van der Waals surface area (Å²) in [6.45, 7) is 0. The Morgan fingerprint density at radius 2 is 1.62 bits per heavy atom. The zero-order valence-electron chi connectivity index (χ0n) is 12.1. The summed E-state index contributed by atoms with van der Waals surface area (Å²) < 4.78 is 10.3. The van der Waals surface area contributed by atoms with E-state index in [0.717, 1.165) is 24.5 Å². The molecule has 0 fully saturated rings. The SMILES string of the molecule is O=C(OC1=COc2cc(O)cc(O)c2C1)c1cc(O)c(O)c(O)c1. The average Bonchev–Trinajstić information content (AvgIpc) is 2.52. The highest BCUT2D eigenvalue weighted by atomic mass is 16.6. The van der Waals surface area contributed by atoms with Gasteiger partial charge in [0.1, 0.15) is 29.3 Å². The van der Waals surface area contributed by atoms with Crippen molar-refractivity contribution in [2.75, 3.05) is 0 Å². The number of aromatic hydroxyl groups is 5. The number of carbonyl (C=O) groups excluding carboxylic acids is 1. The van der Waals surface area contributed by atoms with Gasteiger partial charge in [0.25, 0.3) is 0 Å². The summed E-state index contributed by atoms with van der Waals surface area (Å²) in [4.78, 5) is 12.1. The molecular formula is C16H12O8. The molecule has 0 saturated heterocycles. The first kappa shape index (κ1) is 15.3. The van der Waals surface area contributed by atoms with Crippen molar-refractivity contribution in [3.63, 3.8) is 0 Å². The number of phenolic OH excluding ortho intramolecular Hbond substituents is 5. The van der Waals surface area contributed by atoms with Crippen LogP contribution in [0.5, 0.6) is 34.5 Å². The first-order valence-electron chi connectivity index (χ1n) is 6.73. The van der Waals surface area contributed by atoms with E-state index in [9.17, 15) is 30.3 Å². The summed E-state index contributed by atoms with van der Waals surface area (Å²) in [5.41, 5.74) is 0.138. The van der Waals surface area contributed by atoms with Crippen molar-refractivity contribution in [2.45, 2.75) is 6.42 Å². The molecule has 0 aromatic heterocycles. The molecule has 0 bridgehead atoms. The van der Waals surface area contributed by atoms with Gasteiger partial charge in [0, 0.05) is 24.1 Å². The molecule has 2 aromatic rings. The number of rotatable bonds is 2. The second-order valence-corrected chi connectivity index (χ2v) is 5.07. The molecule has 0 unspecified atom stereocenters. The van der Waals surface area contributed by atoms with Crippen LogP contribution in [-0.2, 0) is 11.2 Å². The Balaban J connectivity index is 1.80. The smallest absolute Gasteiger partial charge is 0.343 e. The first-order chi connectivity index (χ1) is 11.3. The number of hydrogen-bond donors (Lipinski definition) is 5. The topological polar surface area (TPSA) is 137 Å². The van der Waals surface area contributed by atoms with Gasteiger partial charge in [-0.3, -0.25) is 0 Å². The van der Waals surface area contributed by atoms with Gasteiger partial charge in [-0.15, -0.1) is 0 Å². The van der Waals surface area contributed by atoms with Gasteiger partial charge in [0.2, 0.25) is 0 Å². The Kier molecular flexibility index (Phi) is 3.57. The maximum atomic E-state index is 12.1. The van der Waals surface area contributed by atoms with Gasteiger partial charge in [-0.1, -0.05) is 0 Å². The molecule has 0 aliphatic carbocycles. The lowest BCUT2D eigenvalue weighted by Crippen LogP contribution is -2.11. The van der Waals surface area contributed by atoms with Crippen LogP contribution in [0.4, 0.5) is 0 Å². The van der Waals surface area contributed by atoms with Crippen molar-refractivity contribution >= 4 is 5.97 Å². The van der Waals surface area contributed by atoms with Gasteiger partial charge < -0.3 is 35.0 Å². The van der Waals surface area contributed by atoms with E-state index in [1.807, 2.05) is 0 Å². The van der Waals surface area contributed by atoms with E-state index < -0.39 is 23.2 Å². The highest BCUT2D eigenvalue weighted by Crippen LogP contribution is 2.38. The van der Waals surface area contributed by atoms with E-state index in [1.54, 1.807) is 0 Å². The Hall–Kier alpha value is -3.55. The Bertz CT molecular complexity index is 846. The minimum absolute atomic E-state index is 0.0310. The lowest BCUT2D eigenvalue weighted by molar-refractivity contribution is 0.0604. The van der Waals surface area contributed by atoms with Crippen molar-refractivity contribution in [1.82, 2.24) is 0 Å². The van der Waals surface area contributed by atoms with Crippen LogP contribution >= 0.6 is 0 Å². The van der Waals surface area contributed by atoms with Crippen LogP contribution in [-0.4, -0.2) is 31.5 Å². The van der Waals surface area contributed by atoms with Gasteiger partial charge >= 0.3 is 5.97 Å². The summed E-state index contributed by atoms with van der Waals surface area (Å²) in [7, 11) is 0. The number of hydrogen-bond acceptors (Lipinski definition) is 8. The first-order valence-corrected chi connectivity index (χ1v) is 6.73. The Morgan fingerprint density at radius 1 is 0.958 bits per heavy atom. The molecule has 8 nitrogen and oxygen atoms in total. The zero-order chi connectivity index (χ0) is 17.4. The molecule has 0 radical (unpaired) electrons. The van der Waals surface area contributed by atoms with Gasteiger partial charge in [0.15, 0.2) is 17.2 Å². The minimum Gasteiger partial charge on any atom is -0.508 e. The molecule has 2 aromatic carbocycles. The fourth-order valence-electron chi connectivity index (χ4n) is 2.20. The third kappa shape index (κ3) is 2.72. The molecule has 8 heteroatoms. The Morgan fingerprint density at radius 3 is 2.29 bits per heavy atom. The quantitative estimate of drug-likeness (QED) is 0.415. The molecule has 0 saturated carbocycles. The minimum atomic E-state index is -0.905. The number of allylic oxidation sites excluding steroid dienone is 1. The van der Waals surface area contributed by atoms with Crippen LogP contribution in [0.25, 0.3) is 0 Å². The van der Waals surface area contributed by atoms with Crippen molar-refractivity contribution in [2.24, 2.45) is 0 Å². The van der Waals surface area contributed by atoms with E-state index in [1.165, 1.54) is 6.07 Å². The lowest BCUT2D eigenvalue weighted by atomic mass is 10.1. The van der Waals surface area contributed by atoms with Crippen molar-refractivity contribution in [3.8, 4) is 34.5 Å². The van der Waals surface area contributed by atoms with E-state index in [2.05, 4.69) is 0 Å². The summed E-state index contributed by atoms with van der Waals surface area (Å²) in [5.74, 6) is -3.08. The predicted molar refractivity (Wildman–Crippen MR) is 79.0 cm³/mol. The summed E-state index contributed by atoms with van der Waals surface area (Å²) in [6, 6.07) is 4.30. The number of ether oxygens (including phenoxy) is 2. The van der Waals surface area contributed by atoms with Crippen molar-refractivity contribution in [1.29, 1.82) is 0 Å². The molecular weight excluding hydrogens is 320 g/mol. The van der Waals surface area contributed by atoms with Gasteiger partial charge in [0.05, 0.1) is 5.56 Å². The summed E-state index contributed by atoms with van der Waals surface area (Å²) >= 11 is 0. The molecule has 0 atom stereocenters. The van der Waals surface area contributed by atoms with Gasteiger partial charge in [-0.05, 0) is 12.1 Å². The molecule has 1 heterocycles. The largest absolute Gasteiger partial charge is 0.508 e. The standard InChI is InChI=1S/C16H12O8/c17-8-3-11(18)10-5-9(6-23-14(10)4-8)24-16(22)7-1-12(19)15(21)13(20)2-7/h1-4,6,17-21H,5H2. The summed E-state index contributed by atoms with van der Waals surface area (Å²) in [6.07, 6.45) is 1.17. The molecule has 124 valence electrons. The van der Waals surface area contributed by atoms with Crippen LogP contribution in [0, 0.1) is 0 Å². The fraction of sp³-hybridized carbons (Fsp3) is 0.0625. The van der Waals surface area contributed by atoms with Crippen molar-refractivity contribution in [3.05, 3.63) is 47.4 Å². The maximum Gasteiger partial charge on any atom is 0.343 e. The molecule has 0 amide bonds. The monoisotopic (exact) mass is 332 g/mol. The second-order valence-electron chi connectivity index (χ2n) is 5.07. The lowest BCUT2D eigenvalue weighted by Gasteiger charge is -2.18. The van der Waals surface area contributed by atoms with Crippen LogP contribution < -0.4 is 4.74 Å². The van der Waals surface area contributed by atoms with Gasteiger partial charge in [-0.25, -0.2) is 4.79 Å². The molecule has 5 N–H and O–H groups in total. The molecule has 24 heavy (non-hydrogen) atoms. The molecule has 1 aliphatic heterocycles. The van der Waals surface area contributed by atoms with E-state index in [4.69, 9.17) is 9.47 Å². The molecule has 3 rings (SSSR count). The highest BCUT2D eigenvalue weighted by molar-refractivity contribution is 5.91. The normalized spacial score (nSPS) is 12.8. The van der Waals surface area contributed by atoms with E-state index in [-0.39, 0.29) is 35.0 Å².